The Morgan fingerprint density at radius 2 is 1.64 bits per heavy atom. The number of carbonyl (C=O) groups excluding carboxylic acids is 2. The minimum atomic E-state index is -0.850. The van der Waals surface area contributed by atoms with Gasteiger partial charge in [-0.05, 0) is 44.2 Å². The molecule has 0 atom stereocenters. The first-order valence-corrected chi connectivity index (χ1v) is 7.77. The Hall–Kier alpha value is -2.96. The first-order chi connectivity index (χ1) is 11.9. The number of halogens is 2. The highest BCUT2D eigenvalue weighted by Crippen LogP contribution is 2.25. The highest BCUT2D eigenvalue weighted by atomic mass is 19.1. The van der Waals surface area contributed by atoms with Crippen LogP contribution < -0.4 is 10.6 Å². The highest BCUT2D eigenvalue weighted by molar-refractivity contribution is 6.06. The summed E-state index contributed by atoms with van der Waals surface area (Å²) in [5.41, 5.74) is 0.966. The van der Waals surface area contributed by atoms with E-state index in [9.17, 15) is 18.4 Å². The average Bonchev–Trinajstić information content (AvgIpc) is 2.56. The zero-order valence-corrected chi connectivity index (χ0v) is 13.9. The molecule has 0 saturated heterocycles. The molecule has 0 aliphatic rings. The molecule has 132 valence electrons. The van der Waals surface area contributed by atoms with Crippen molar-refractivity contribution in [3.05, 3.63) is 59.2 Å². The van der Waals surface area contributed by atoms with Crippen molar-refractivity contribution in [3.63, 3.8) is 0 Å². The van der Waals surface area contributed by atoms with Crippen LogP contribution >= 0.6 is 0 Å². The van der Waals surface area contributed by atoms with Crippen LogP contribution in [0, 0.1) is 11.6 Å². The number of rotatable bonds is 6. The third-order valence-corrected chi connectivity index (χ3v) is 3.27. The summed E-state index contributed by atoms with van der Waals surface area (Å²) in [5, 5.41) is 5.60. The summed E-state index contributed by atoms with van der Waals surface area (Å²) in [6, 6.07) is 7.18. The highest BCUT2D eigenvalue weighted by Gasteiger charge is 2.15. The number of anilines is 2. The summed E-state index contributed by atoms with van der Waals surface area (Å²) < 4.78 is 31.5. The number of amides is 1. The summed E-state index contributed by atoms with van der Waals surface area (Å²) in [7, 11) is 0. The molecule has 0 saturated carbocycles. The Labute approximate surface area is 144 Å². The molecule has 0 unspecified atom stereocenters. The molecule has 0 aromatic heterocycles. The van der Waals surface area contributed by atoms with Crippen molar-refractivity contribution in [1.82, 2.24) is 0 Å². The fourth-order valence-electron chi connectivity index (χ4n) is 2.21. The van der Waals surface area contributed by atoms with Crippen LogP contribution in [0.15, 0.2) is 36.4 Å². The molecule has 2 aromatic carbocycles. The second-order valence-corrected chi connectivity index (χ2v) is 5.12. The van der Waals surface area contributed by atoms with Crippen LogP contribution in [-0.2, 0) is 4.74 Å². The lowest BCUT2D eigenvalue weighted by Gasteiger charge is -2.14. The van der Waals surface area contributed by atoms with Gasteiger partial charge in [0.1, 0.15) is 11.6 Å². The van der Waals surface area contributed by atoms with Gasteiger partial charge >= 0.3 is 5.97 Å². The molecule has 2 aromatic rings. The van der Waals surface area contributed by atoms with Gasteiger partial charge in [0.2, 0.25) is 0 Å². The molecule has 0 spiro atoms. The third kappa shape index (κ3) is 4.76. The molecular formula is C18H18F2N2O3. The van der Waals surface area contributed by atoms with Gasteiger partial charge in [-0.2, -0.15) is 0 Å². The van der Waals surface area contributed by atoms with Gasteiger partial charge in [-0.15, -0.1) is 0 Å². The van der Waals surface area contributed by atoms with E-state index >= 15 is 0 Å². The first-order valence-electron chi connectivity index (χ1n) is 7.77. The Bertz CT molecular complexity index is 774. The van der Waals surface area contributed by atoms with E-state index in [2.05, 4.69) is 10.6 Å². The fourth-order valence-corrected chi connectivity index (χ4v) is 2.21. The van der Waals surface area contributed by atoms with Gasteiger partial charge in [-0.1, -0.05) is 0 Å². The van der Waals surface area contributed by atoms with Crippen molar-refractivity contribution < 1.29 is 23.1 Å². The van der Waals surface area contributed by atoms with Crippen LogP contribution in [0.5, 0.6) is 0 Å². The minimum Gasteiger partial charge on any atom is -0.462 e. The number of benzene rings is 2. The molecule has 0 aliphatic carbocycles. The van der Waals surface area contributed by atoms with Gasteiger partial charge in [0, 0.05) is 18.2 Å². The quantitative estimate of drug-likeness (QED) is 0.779. The molecule has 5 nitrogen and oxygen atoms in total. The number of hydrogen-bond donors (Lipinski definition) is 2. The summed E-state index contributed by atoms with van der Waals surface area (Å²) in [6.45, 7) is 4.35. The summed E-state index contributed by atoms with van der Waals surface area (Å²) >= 11 is 0. The number of esters is 1. The predicted octanol–water partition coefficient (Wildman–Crippen LogP) is 3.83. The Kier molecular flexibility index (Phi) is 6.05. The predicted molar refractivity (Wildman–Crippen MR) is 90.9 cm³/mol. The van der Waals surface area contributed by atoms with E-state index in [1.54, 1.807) is 19.1 Å². The minimum absolute atomic E-state index is 0.165. The van der Waals surface area contributed by atoms with Crippen molar-refractivity contribution in [3.8, 4) is 0 Å². The lowest BCUT2D eigenvalue weighted by atomic mass is 10.1. The number of hydrogen-bond acceptors (Lipinski definition) is 4. The molecule has 2 rings (SSSR count). The van der Waals surface area contributed by atoms with Gasteiger partial charge in [-0.3, -0.25) is 4.79 Å². The van der Waals surface area contributed by atoms with E-state index in [0.717, 1.165) is 12.1 Å². The number of carbonyl (C=O) groups is 2. The van der Waals surface area contributed by atoms with Gasteiger partial charge in [-0.25, -0.2) is 13.6 Å². The first kappa shape index (κ1) is 18.4. The van der Waals surface area contributed by atoms with Crippen molar-refractivity contribution in [2.24, 2.45) is 0 Å². The number of nitrogens with one attached hydrogen (secondary N) is 2. The monoisotopic (exact) mass is 348 g/mol. The molecule has 0 fully saturated rings. The molecule has 2 N–H and O–H groups in total. The molecule has 1 amide bonds. The molecule has 0 radical (unpaired) electrons. The molecule has 7 heteroatoms. The van der Waals surface area contributed by atoms with Gasteiger partial charge in [0.05, 0.1) is 23.5 Å². The second kappa shape index (κ2) is 8.23. The van der Waals surface area contributed by atoms with E-state index < -0.39 is 23.5 Å². The maximum atomic E-state index is 13.3. The Morgan fingerprint density at radius 1 is 0.960 bits per heavy atom. The lowest BCUT2D eigenvalue weighted by molar-refractivity contribution is 0.0526. The zero-order valence-electron chi connectivity index (χ0n) is 13.9. The van der Waals surface area contributed by atoms with Gasteiger partial charge in [0.25, 0.3) is 5.91 Å². The van der Waals surface area contributed by atoms with Crippen molar-refractivity contribution in [2.75, 3.05) is 23.8 Å². The van der Waals surface area contributed by atoms with Crippen LogP contribution in [-0.4, -0.2) is 25.0 Å². The van der Waals surface area contributed by atoms with E-state index in [1.807, 2.05) is 6.92 Å². The average molecular weight is 348 g/mol. The SMILES string of the molecule is CCNc1ccc(C(=O)OCC)cc1NC(=O)c1cc(F)cc(F)c1. The van der Waals surface area contributed by atoms with Crippen molar-refractivity contribution >= 4 is 23.3 Å². The normalized spacial score (nSPS) is 10.2. The summed E-state index contributed by atoms with van der Waals surface area (Å²) in [5.74, 6) is -2.92. The largest absolute Gasteiger partial charge is 0.462 e. The standard InChI is InChI=1S/C18H18F2N2O3/c1-3-21-15-6-5-11(18(24)25-4-2)9-16(15)22-17(23)12-7-13(19)10-14(20)8-12/h5-10,21H,3-4H2,1-2H3,(H,22,23). The second-order valence-electron chi connectivity index (χ2n) is 5.12. The van der Waals surface area contributed by atoms with Crippen molar-refractivity contribution in [2.45, 2.75) is 13.8 Å². The van der Waals surface area contributed by atoms with Crippen LogP contribution in [0.3, 0.4) is 0 Å². The van der Waals surface area contributed by atoms with E-state index in [-0.39, 0.29) is 17.7 Å². The number of ether oxygens (including phenoxy) is 1. The van der Waals surface area contributed by atoms with Crippen LogP contribution in [0.4, 0.5) is 20.2 Å². The zero-order chi connectivity index (χ0) is 18.4. The Balaban J connectivity index is 2.33. The fraction of sp³-hybridized carbons (Fsp3) is 0.222. The summed E-state index contributed by atoms with van der Waals surface area (Å²) in [6.07, 6.45) is 0. The van der Waals surface area contributed by atoms with Crippen LogP contribution in [0.2, 0.25) is 0 Å². The third-order valence-electron chi connectivity index (χ3n) is 3.27. The smallest absolute Gasteiger partial charge is 0.338 e. The molecule has 25 heavy (non-hydrogen) atoms. The molecule has 0 bridgehead atoms. The van der Waals surface area contributed by atoms with Gasteiger partial charge in [0.15, 0.2) is 0 Å². The maximum absolute atomic E-state index is 13.3. The molecule has 0 aliphatic heterocycles. The molecular weight excluding hydrogens is 330 g/mol. The Morgan fingerprint density at radius 3 is 2.24 bits per heavy atom. The van der Waals surface area contributed by atoms with Crippen LogP contribution in [0.1, 0.15) is 34.6 Å². The van der Waals surface area contributed by atoms with Crippen molar-refractivity contribution in [1.29, 1.82) is 0 Å². The van der Waals surface area contributed by atoms with E-state index in [4.69, 9.17) is 4.74 Å². The lowest BCUT2D eigenvalue weighted by Crippen LogP contribution is -2.15. The van der Waals surface area contributed by atoms with E-state index in [1.165, 1.54) is 6.07 Å². The van der Waals surface area contributed by atoms with Crippen LogP contribution in [0.25, 0.3) is 0 Å². The van der Waals surface area contributed by atoms with Gasteiger partial charge < -0.3 is 15.4 Å². The molecule has 0 heterocycles. The topological polar surface area (TPSA) is 67.4 Å². The summed E-state index contributed by atoms with van der Waals surface area (Å²) in [4.78, 5) is 24.2. The van der Waals surface area contributed by atoms with E-state index in [0.29, 0.717) is 24.0 Å². The maximum Gasteiger partial charge on any atom is 0.338 e.